The van der Waals surface area contributed by atoms with Gasteiger partial charge in [-0.15, -0.1) is 0 Å². The topological polar surface area (TPSA) is 157 Å². The van der Waals surface area contributed by atoms with Crippen LogP contribution >= 0.6 is 11.8 Å². The summed E-state index contributed by atoms with van der Waals surface area (Å²) in [7, 11) is 0. The van der Waals surface area contributed by atoms with E-state index in [9.17, 15) is 14.7 Å². The van der Waals surface area contributed by atoms with Crippen LogP contribution in [0.3, 0.4) is 0 Å². The molecule has 0 aliphatic carbocycles. The first-order valence-corrected chi connectivity index (χ1v) is 8.62. The fourth-order valence-electron chi connectivity index (χ4n) is 2.13. The number of carboxylic acid groups (broad SMARTS) is 1. The highest BCUT2D eigenvalue weighted by Gasteiger charge is 2.13. The van der Waals surface area contributed by atoms with Crippen LogP contribution in [0.4, 0.5) is 0 Å². The van der Waals surface area contributed by atoms with Crippen molar-refractivity contribution < 1.29 is 15.0 Å². The Morgan fingerprint density at radius 3 is 2.96 bits per heavy atom. The van der Waals surface area contributed by atoms with E-state index in [1.807, 2.05) is 0 Å². The summed E-state index contributed by atoms with van der Waals surface area (Å²) in [6.45, 7) is 0.408. The predicted octanol–water partition coefficient (Wildman–Crippen LogP) is -0.763. The molecule has 0 fully saturated rings. The van der Waals surface area contributed by atoms with Gasteiger partial charge in [-0.05, 0) is 12.2 Å². The lowest BCUT2D eigenvalue weighted by Gasteiger charge is -2.16. The summed E-state index contributed by atoms with van der Waals surface area (Å²) in [6.07, 6.45) is 3.45. The van der Waals surface area contributed by atoms with Crippen molar-refractivity contribution in [3.8, 4) is 0 Å². The van der Waals surface area contributed by atoms with Crippen molar-refractivity contribution in [3.63, 3.8) is 0 Å². The quantitative estimate of drug-likeness (QED) is 0.303. The number of H-pyrrole nitrogens is 2. The molecule has 2 heterocycles. The van der Waals surface area contributed by atoms with E-state index in [0.29, 0.717) is 35.5 Å². The number of nitrogens with zero attached hydrogens (tertiary/aromatic N) is 1. The molecule has 0 saturated carbocycles. The number of nitrogens with two attached hydrogens (primary N) is 1. The zero-order chi connectivity index (χ0) is 17.5. The minimum absolute atomic E-state index is 0.0473. The van der Waals surface area contributed by atoms with Crippen LogP contribution in [0.2, 0.25) is 0 Å². The fourth-order valence-corrected chi connectivity index (χ4v) is 3.22. The van der Waals surface area contributed by atoms with E-state index in [1.165, 1.54) is 18.1 Å². The first-order chi connectivity index (χ1) is 11.5. The molecular formula is C14H21N5O4S. The smallest absolute Gasteiger partial charge is 0.320 e. The molecule has 7 N–H and O–H groups in total. The highest BCUT2D eigenvalue weighted by Crippen LogP contribution is 2.12. The average Bonchev–Trinajstić information content (AvgIpc) is 2.98. The molecule has 0 spiro atoms. The maximum absolute atomic E-state index is 11.6. The lowest BCUT2D eigenvalue weighted by molar-refractivity contribution is -0.138. The summed E-state index contributed by atoms with van der Waals surface area (Å²) < 4.78 is 0. The third-order valence-corrected chi connectivity index (χ3v) is 4.72. The molecule has 0 amide bonds. The molecule has 2 atom stereocenters. The summed E-state index contributed by atoms with van der Waals surface area (Å²) >= 11 is 1.53. The molecule has 0 aliphatic heterocycles. The van der Waals surface area contributed by atoms with E-state index in [-0.39, 0.29) is 18.2 Å². The van der Waals surface area contributed by atoms with Crippen molar-refractivity contribution in [1.82, 2.24) is 20.3 Å². The molecule has 9 nitrogen and oxygen atoms in total. The van der Waals surface area contributed by atoms with Crippen molar-refractivity contribution in [1.29, 1.82) is 0 Å². The maximum atomic E-state index is 11.6. The number of carboxylic acids is 1. The highest BCUT2D eigenvalue weighted by atomic mass is 32.2. The van der Waals surface area contributed by atoms with Crippen molar-refractivity contribution in [3.05, 3.63) is 28.4 Å². The van der Waals surface area contributed by atoms with Crippen molar-refractivity contribution in [2.45, 2.75) is 25.0 Å². The molecule has 2 aromatic rings. The second-order valence-corrected chi connectivity index (χ2v) is 6.49. The molecule has 0 saturated heterocycles. The van der Waals surface area contributed by atoms with Crippen LogP contribution in [0, 0.1) is 0 Å². The van der Waals surface area contributed by atoms with Crippen LogP contribution in [0.25, 0.3) is 11.0 Å². The number of nitrogens with one attached hydrogen (secondary N) is 3. The summed E-state index contributed by atoms with van der Waals surface area (Å²) in [5.74, 6) is 0.226. The van der Waals surface area contributed by atoms with Gasteiger partial charge in [0.05, 0.1) is 18.5 Å². The summed E-state index contributed by atoms with van der Waals surface area (Å²) in [4.78, 5) is 31.8. The van der Waals surface area contributed by atoms with E-state index < -0.39 is 12.0 Å². The first-order valence-electron chi connectivity index (χ1n) is 7.47. The summed E-state index contributed by atoms with van der Waals surface area (Å²) in [6, 6.07) is -1.00. The van der Waals surface area contributed by atoms with Gasteiger partial charge in [0.15, 0.2) is 0 Å². The van der Waals surface area contributed by atoms with Crippen LogP contribution in [0.15, 0.2) is 17.3 Å². The number of hydrogen-bond acceptors (Lipinski definition) is 7. The first kappa shape index (κ1) is 18.5. The summed E-state index contributed by atoms with van der Waals surface area (Å²) in [5.41, 5.74) is 7.07. The van der Waals surface area contributed by atoms with Gasteiger partial charge in [-0.1, -0.05) is 0 Å². The van der Waals surface area contributed by atoms with Gasteiger partial charge in [0.2, 0.25) is 0 Å². The van der Waals surface area contributed by atoms with E-state index in [0.717, 1.165) is 5.56 Å². The monoisotopic (exact) mass is 355 g/mol. The van der Waals surface area contributed by atoms with Crippen LogP contribution in [0.1, 0.15) is 12.0 Å². The van der Waals surface area contributed by atoms with Gasteiger partial charge in [0.25, 0.3) is 5.56 Å². The number of rotatable bonds is 10. The Hall–Kier alpha value is -1.88. The molecule has 2 unspecified atom stereocenters. The van der Waals surface area contributed by atoms with Crippen LogP contribution in [-0.2, 0) is 11.3 Å². The second kappa shape index (κ2) is 8.83. The van der Waals surface area contributed by atoms with Crippen molar-refractivity contribution in [2.24, 2.45) is 5.73 Å². The average molecular weight is 355 g/mol. The minimum Gasteiger partial charge on any atom is -0.480 e. The zero-order valence-corrected chi connectivity index (χ0v) is 13.8. The molecule has 0 radical (unpaired) electrons. The van der Waals surface area contributed by atoms with E-state index in [2.05, 4.69) is 20.3 Å². The number of carbonyl (C=O) groups is 1. The standard InChI is InChI=1S/C14H21N5O4S/c15-10(14(22)23)1-2-24-6-9(5-20)16-3-8-4-17-12-11(8)18-7-19-13(12)21/h4,7,9-10,16-17,20H,1-3,5-6,15H2,(H,22,23)(H,18,19,21). The fraction of sp³-hybridized carbons (Fsp3) is 0.500. The van der Waals surface area contributed by atoms with E-state index in [4.69, 9.17) is 10.8 Å². The number of thioether (sulfide) groups is 1. The van der Waals surface area contributed by atoms with Gasteiger partial charge in [-0.3, -0.25) is 9.59 Å². The number of aliphatic hydroxyl groups is 1. The van der Waals surface area contributed by atoms with E-state index in [1.54, 1.807) is 6.20 Å². The number of aromatic amines is 2. The Morgan fingerprint density at radius 2 is 2.25 bits per heavy atom. The Morgan fingerprint density at radius 1 is 1.46 bits per heavy atom. The van der Waals surface area contributed by atoms with Crippen LogP contribution in [-0.4, -0.2) is 61.3 Å². The molecule has 0 bridgehead atoms. The van der Waals surface area contributed by atoms with Gasteiger partial charge >= 0.3 is 5.97 Å². The third kappa shape index (κ3) is 4.81. The van der Waals surface area contributed by atoms with Gasteiger partial charge in [0, 0.05) is 30.1 Å². The largest absolute Gasteiger partial charge is 0.480 e. The minimum atomic E-state index is -1.01. The van der Waals surface area contributed by atoms with Gasteiger partial charge < -0.3 is 31.2 Å². The molecule has 24 heavy (non-hydrogen) atoms. The molecule has 132 valence electrons. The molecule has 0 aromatic carbocycles. The molecule has 2 rings (SSSR count). The van der Waals surface area contributed by atoms with Gasteiger partial charge in [-0.2, -0.15) is 11.8 Å². The predicted molar refractivity (Wildman–Crippen MR) is 92.0 cm³/mol. The zero-order valence-electron chi connectivity index (χ0n) is 13.0. The Balaban J connectivity index is 1.81. The Kier molecular flexibility index (Phi) is 6.79. The normalized spacial score (nSPS) is 13.9. The molecular weight excluding hydrogens is 334 g/mol. The van der Waals surface area contributed by atoms with Gasteiger partial charge in [0.1, 0.15) is 11.6 Å². The number of hydrogen-bond donors (Lipinski definition) is 6. The maximum Gasteiger partial charge on any atom is 0.320 e. The van der Waals surface area contributed by atoms with Crippen molar-refractivity contribution in [2.75, 3.05) is 18.1 Å². The molecule has 10 heteroatoms. The SMILES string of the molecule is NC(CCSCC(CO)NCc1c[nH]c2c(=O)[nH]cnc12)C(=O)O. The number of aliphatic carboxylic acids is 1. The lowest BCUT2D eigenvalue weighted by atomic mass is 10.2. The number of aliphatic hydroxyl groups excluding tert-OH is 1. The number of aromatic nitrogens is 3. The lowest BCUT2D eigenvalue weighted by Crippen LogP contribution is -2.35. The molecule has 0 aliphatic rings. The number of fused-ring (bicyclic) bond motifs is 1. The highest BCUT2D eigenvalue weighted by molar-refractivity contribution is 7.99. The van der Waals surface area contributed by atoms with Gasteiger partial charge in [-0.25, -0.2) is 4.98 Å². The van der Waals surface area contributed by atoms with Crippen LogP contribution < -0.4 is 16.6 Å². The van der Waals surface area contributed by atoms with Crippen molar-refractivity contribution >= 4 is 28.8 Å². The Labute approximate surface area is 142 Å². The Bertz CT molecular complexity index is 731. The summed E-state index contributed by atoms with van der Waals surface area (Å²) in [5, 5.41) is 21.4. The van der Waals surface area contributed by atoms with Crippen LogP contribution in [0.5, 0.6) is 0 Å². The molecule has 2 aromatic heterocycles. The third-order valence-electron chi connectivity index (χ3n) is 3.56. The second-order valence-electron chi connectivity index (χ2n) is 5.34. The van der Waals surface area contributed by atoms with E-state index >= 15 is 0 Å².